The van der Waals surface area contributed by atoms with Crippen molar-refractivity contribution in [1.82, 2.24) is 0 Å². The number of rotatable bonds is 4. The lowest BCUT2D eigenvalue weighted by atomic mass is 10.3. The van der Waals surface area contributed by atoms with E-state index in [1.54, 1.807) is 18.2 Å². The van der Waals surface area contributed by atoms with E-state index in [1.807, 2.05) is 0 Å². The van der Waals surface area contributed by atoms with E-state index in [4.69, 9.17) is 26.7 Å². The Morgan fingerprint density at radius 3 is 1.77 bits per heavy atom. The van der Waals surface area contributed by atoms with Crippen molar-refractivity contribution in [3.8, 4) is 11.5 Å². The van der Waals surface area contributed by atoms with Crippen molar-refractivity contribution in [3.05, 3.63) is 18.2 Å². The minimum Gasteiger partial charge on any atom is -0.478 e. The third-order valence-electron chi connectivity index (χ3n) is 1.40. The molecule has 0 heterocycles. The molecule has 13 heavy (non-hydrogen) atoms. The third-order valence-corrected chi connectivity index (χ3v) is 1.40. The summed E-state index contributed by atoms with van der Waals surface area (Å²) in [6.45, 7) is 0.205. The molecule has 5 nitrogen and oxygen atoms in total. The molecule has 0 aliphatic heterocycles. The zero-order valence-corrected chi connectivity index (χ0v) is 7.19. The van der Waals surface area contributed by atoms with Crippen LogP contribution in [0, 0.1) is 0 Å². The molecular formula is C8H13N3O2. The van der Waals surface area contributed by atoms with Crippen molar-refractivity contribution < 1.29 is 9.47 Å². The van der Waals surface area contributed by atoms with Crippen LogP contribution in [-0.4, -0.2) is 13.5 Å². The van der Waals surface area contributed by atoms with Crippen molar-refractivity contribution in [1.29, 1.82) is 0 Å². The van der Waals surface area contributed by atoms with E-state index < -0.39 is 0 Å². The van der Waals surface area contributed by atoms with Crippen molar-refractivity contribution in [2.24, 2.45) is 11.5 Å². The number of benzene rings is 1. The van der Waals surface area contributed by atoms with Crippen LogP contribution in [0.1, 0.15) is 0 Å². The fourth-order valence-electron chi connectivity index (χ4n) is 0.953. The van der Waals surface area contributed by atoms with Crippen LogP contribution in [0.2, 0.25) is 0 Å². The standard InChI is InChI=1S/C8H13N3O2/c9-4-12-7-1-6(11)2-8(3-7)13-5-10/h1-3H,4-5,9-11H2. The molecule has 0 spiro atoms. The van der Waals surface area contributed by atoms with Gasteiger partial charge in [0, 0.05) is 23.9 Å². The molecule has 0 unspecified atom stereocenters. The van der Waals surface area contributed by atoms with E-state index in [0.717, 1.165) is 0 Å². The predicted octanol–water partition coefficient (Wildman–Crippen LogP) is -0.141. The fourth-order valence-corrected chi connectivity index (χ4v) is 0.953. The summed E-state index contributed by atoms with van der Waals surface area (Å²) in [5.41, 5.74) is 16.5. The lowest BCUT2D eigenvalue weighted by molar-refractivity contribution is 0.313. The SMILES string of the molecule is NCOc1cc(N)cc(OCN)c1. The smallest absolute Gasteiger partial charge is 0.137 e. The third kappa shape index (κ3) is 2.81. The zero-order chi connectivity index (χ0) is 9.68. The molecule has 6 N–H and O–H groups in total. The highest BCUT2D eigenvalue weighted by atomic mass is 16.5. The number of hydrogen-bond donors (Lipinski definition) is 3. The Morgan fingerprint density at radius 2 is 1.38 bits per heavy atom. The molecule has 1 rings (SSSR count). The molecule has 0 radical (unpaired) electrons. The van der Waals surface area contributed by atoms with Gasteiger partial charge >= 0.3 is 0 Å². The average Bonchev–Trinajstić information content (AvgIpc) is 2.04. The molecule has 1 aromatic rings. The number of nitrogen functional groups attached to an aromatic ring is 1. The Morgan fingerprint density at radius 1 is 0.923 bits per heavy atom. The monoisotopic (exact) mass is 183 g/mol. The Hall–Kier alpha value is -1.46. The maximum absolute atomic E-state index is 5.58. The van der Waals surface area contributed by atoms with Gasteiger partial charge in [0.15, 0.2) is 0 Å². The summed E-state index contributed by atoms with van der Waals surface area (Å²) >= 11 is 0. The van der Waals surface area contributed by atoms with Gasteiger partial charge in [-0.25, -0.2) is 0 Å². The van der Waals surface area contributed by atoms with Crippen LogP contribution >= 0.6 is 0 Å². The van der Waals surface area contributed by atoms with E-state index in [1.165, 1.54) is 0 Å². The van der Waals surface area contributed by atoms with Gasteiger partial charge in [-0.1, -0.05) is 0 Å². The molecule has 0 amide bonds. The van der Waals surface area contributed by atoms with Gasteiger partial charge in [0.1, 0.15) is 25.0 Å². The molecule has 72 valence electrons. The van der Waals surface area contributed by atoms with Gasteiger partial charge in [0.25, 0.3) is 0 Å². The highest BCUT2D eigenvalue weighted by Crippen LogP contribution is 2.23. The molecule has 0 aliphatic rings. The molecule has 0 aromatic heterocycles. The first-order valence-corrected chi connectivity index (χ1v) is 3.82. The Kier molecular flexibility index (Phi) is 3.36. The van der Waals surface area contributed by atoms with Crippen LogP contribution < -0.4 is 26.7 Å². The molecule has 0 aliphatic carbocycles. The van der Waals surface area contributed by atoms with E-state index in [2.05, 4.69) is 0 Å². The molecule has 0 saturated carbocycles. The predicted molar refractivity (Wildman–Crippen MR) is 50.2 cm³/mol. The number of anilines is 1. The highest BCUT2D eigenvalue weighted by Gasteiger charge is 1.99. The van der Waals surface area contributed by atoms with Gasteiger partial charge in [-0.2, -0.15) is 0 Å². The second-order valence-electron chi connectivity index (χ2n) is 2.36. The Labute approximate surface area is 76.4 Å². The zero-order valence-electron chi connectivity index (χ0n) is 7.19. The van der Waals surface area contributed by atoms with E-state index >= 15 is 0 Å². The Balaban J connectivity index is 2.83. The highest BCUT2D eigenvalue weighted by molar-refractivity contribution is 5.50. The summed E-state index contributed by atoms with van der Waals surface area (Å²) in [6.07, 6.45) is 0. The first-order valence-electron chi connectivity index (χ1n) is 3.82. The molecule has 0 fully saturated rings. The lowest BCUT2D eigenvalue weighted by Crippen LogP contribution is -2.09. The van der Waals surface area contributed by atoms with Crippen LogP contribution in [0.15, 0.2) is 18.2 Å². The van der Waals surface area contributed by atoms with E-state index in [-0.39, 0.29) is 13.5 Å². The molecular weight excluding hydrogens is 170 g/mol. The maximum atomic E-state index is 5.58. The van der Waals surface area contributed by atoms with E-state index in [9.17, 15) is 0 Å². The van der Waals surface area contributed by atoms with Crippen molar-refractivity contribution in [3.63, 3.8) is 0 Å². The molecule has 0 saturated heterocycles. The fraction of sp³-hybridized carbons (Fsp3) is 0.250. The number of ether oxygens (including phenoxy) is 2. The van der Waals surface area contributed by atoms with Crippen molar-refractivity contribution in [2.45, 2.75) is 0 Å². The van der Waals surface area contributed by atoms with Gasteiger partial charge < -0.3 is 15.2 Å². The molecule has 0 bridgehead atoms. The van der Waals surface area contributed by atoms with Gasteiger partial charge in [-0.05, 0) is 0 Å². The largest absolute Gasteiger partial charge is 0.478 e. The number of hydrogen-bond acceptors (Lipinski definition) is 5. The number of nitrogens with two attached hydrogens (primary N) is 3. The minimum atomic E-state index is 0.103. The summed E-state index contributed by atoms with van der Waals surface area (Å²) < 4.78 is 10.1. The first-order chi connectivity index (χ1) is 6.26. The van der Waals surface area contributed by atoms with Crippen LogP contribution in [0.3, 0.4) is 0 Å². The summed E-state index contributed by atoms with van der Waals surface area (Å²) in [4.78, 5) is 0. The molecule has 5 heteroatoms. The Bertz CT molecular complexity index is 254. The van der Waals surface area contributed by atoms with Crippen molar-refractivity contribution in [2.75, 3.05) is 19.2 Å². The maximum Gasteiger partial charge on any atom is 0.137 e. The van der Waals surface area contributed by atoms with E-state index in [0.29, 0.717) is 17.2 Å². The second kappa shape index (κ2) is 4.54. The van der Waals surface area contributed by atoms with Crippen molar-refractivity contribution >= 4 is 5.69 Å². The summed E-state index contributed by atoms with van der Waals surface area (Å²) in [5.74, 6) is 1.15. The van der Waals surface area contributed by atoms with Crippen LogP contribution in [0.25, 0.3) is 0 Å². The van der Waals surface area contributed by atoms with Crippen LogP contribution in [0.4, 0.5) is 5.69 Å². The van der Waals surface area contributed by atoms with Crippen LogP contribution in [0.5, 0.6) is 11.5 Å². The average molecular weight is 183 g/mol. The van der Waals surface area contributed by atoms with Gasteiger partial charge in [0.05, 0.1) is 0 Å². The first kappa shape index (κ1) is 9.63. The minimum absolute atomic E-state index is 0.103. The topological polar surface area (TPSA) is 96.5 Å². The summed E-state index contributed by atoms with van der Waals surface area (Å²) in [5, 5.41) is 0. The van der Waals surface area contributed by atoms with Crippen LogP contribution in [-0.2, 0) is 0 Å². The van der Waals surface area contributed by atoms with Gasteiger partial charge in [0.2, 0.25) is 0 Å². The molecule has 1 aromatic carbocycles. The molecule has 0 atom stereocenters. The second-order valence-corrected chi connectivity index (χ2v) is 2.36. The lowest BCUT2D eigenvalue weighted by Gasteiger charge is -2.07. The van der Waals surface area contributed by atoms with Gasteiger partial charge in [-0.15, -0.1) is 0 Å². The quantitative estimate of drug-likeness (QED) is 0.446. The normalized spacial score (nSPS) is 9.69. The van der Waals surface area contributed by atoms with Gasteiger partial charge in [-0.3, -0.25) is 11.5 Å². The summed E-state index contributed by atoms with van der Waals surface area (Å²) in [7, 11) is 0. The summed E-state index contributed by atoms with van der Waals surface area (Å²) in [6, 6.07) is 5.00.